The highest BCUT2D eigenvalue weighted by Gasteiger charge is 2.00. The lowest BCUT2D eigenvalue weighted by Crippen LogP contribution is -2.18. The van der Waals surface area contributed by atoms with E-state index in [4.69, 9.17) is 0 Å². The Morgan fingerprint density at radius 3 is 3.00 bits per heavy atom. The van der Waals surface area contributed by atoms with Crippen molar-refractivity contribution >= 4 is 11.3 Å². The molecule has 2 aromatic heterocycles. The molecule has 0 aliphatic heterocycles. The van der Waals surface area contributed by atoms with Crippen molar-refractivity contribution in [2.45, 2.75) is 19.9 Å². The summed E-state index contributed by atoms with van der Waals surface area (Å²) in [7, 11) is 2.01. The molecule has 86 valence electrons. The van der Waals surface area contributed by atoms with Crippen molar-refractivity contribution in [3.63, 3.8) is 0 Å². The van der Waals surface area contributed by atoms with E-state index in [9.17, 15) is 0 Å². The van der Waals surface area contributed by atoms with Gasteiger partial charge in [-0.05, 0) is 6.92 Å². The van der Waals surface area contributed by atoms with Crippen LogP contribution in [0.5, 0.6) is 0 Å². The van der Waals surface area contributed by atoms with Crippen LogP contribution in [0, 0.1) is 6.92 Å². The molecule has 2 rings (SSSR count). The fourth-order valence-corrected chi connectivity index (χ4v) is 2.26. The number of hydrogen-bond donors (Lipinski definition) is 1. The van der Waals surface area contributed by atoms with E-state index in [1.54, 1.807) is 11.3 Å². The molecule has 0 radical (unpaired) electrons. The molecule has 0 amide bonds. The van der Waals surface area contributed by atoms with E-state index in [2.05, 4.69) is 20.7 Å². The van der Waals surface area contributed by atoms with Crippen molar-refractivity contribution in [1.29, 1.82) is 0 Å². The number of nitrogens with one attached hydrogen (secondary N) is 1. The predicted molar refractivity (Wildman–Crippen MR) is 65.5 cm³/mol. The van der Waals surface area contributed by atoms with Crippen LogP contribution in [0.15, 0.2) is 17.8 Å². The van der Waals surface area contributed by atoms with Gasteiger partial charge in [-0.15, -0.1) is 11.3 Å². The number of aromatic nitrogens is 3. The quantitative estimate of drug-likeness (QED) is 0.800. The summed E-state index contributed by atoms with van der Waals surface area (Å²) in [5.41, 5.74) is 1.11. The lowest BCUT2D eigenvalue weighted by molar-refractivity contribution is 0.636. The van der Waals surface area contributed by atoms with E-state index in [-0.39, 0.29) is 0 Å². The van der Waals surface area contributed by atoms with Crippen molar-refractivity contribution in [3.8, 4) is 0 Å². The molecular weight excluding hydrogens is 220 g/mol. The number of thiazole rings is 1. The van der Waals surface area contributed by atoms with Gasteiger partial charge in [0.25, 0.3) is 0 Å². The van der Waals surface area contributed by atoms with Gasteiger partial charge in [0.15, 0.2) is 0 Å². The summed E-state index contributed by atoms with van der Waals surface area (Å²) in [5, 5.41) is 6.66. The second kappa shape index (κ2) is 5.23. The van der Waals surface area contributed by atoms with Crippen LogP contribution >= 0.6 is 11.3 Å². The lowest BCUT2D eigenvalue weighted by Gasteiger charge is -2.03. The number of aryl methyl sites for hydroxylation is 2. The Bertz CT molecular complexity index is 446. The molecule has 16 heavy (non-hydrogen) atoms. The standard InChI is InChI=1S/C11H16N4S/c1-9-8-16-11(14-9)3-4-12-7-10-13-5-6-15(10)2/h5-6,8,12H,3-4,7H2,1-2H3. The zero-order chi connectivity index (χ0) is 11.4. The van der Waals surface area contributed by atoms with Crippen LogP contribution in [0.4, 0.5) is 0 Å². The van der Waals surface area contributed by atoms with Gasteiger partial charge in [0.2, 0.25) is 0 Å². The SMILES string of the molecule is Cc1csc(CCNCc2nccn2C)n1. The minimum atomic E-state index is 0.813. The highest BCUT2D eigenvalue weighted by atomic mass is 32.1. The Morgan fingerprint density at radius 1 is 1.50 bits per heavy atom. The van der Waals surface area contributed by atoms with Crippen molar-refractivity contribution < 1.29 is 0 Å². The van der Waals surface area contributed by atoms with Gasteiger partial charge in [-0.1, -0.05) is 0 Å². The molecule has 0 bridgehead atoms. The monoisotopic (exact) mass is 236 g/mol. The summed E-state index contributed by atoms with van der Waals surface area (Å²) >= 11 is 1.73. The predicted octanol–water partition coefficient (Wildman–Crippen LogP) is 1.52. The topological polar surface area (TPSA) is 42.7 Å². The molecule has 5 heteroatoms. The molecule has 0 aliphatic rings. The average Bonchev–Trinajstić information content (AvgIpc) is 2.83. The van der Waals surface area contributed by atoms with Crippen LogP contribution < -0.4 is 5.32 Å². The van der Waals surface area contributed by atoms with Crippen LogP contribution in [0.3, 0.4) is 0 Å². The lowest BCUT2D eigenvalue weighted by atomic mass is 10.4. The van der Waals surface area contributed by atoms with Crippen LogP contribution in [-0.4, -0.2) is 21.1 Å². The highest BCUT2D eigenvalue weighted by molar-refractivity contribution is 7.09. The highest BCUT2D eigenvalue weighted by Crippen LogP contribution is 2.08. The first-order chi connectivity index (χ1) is 7.75. The van der Waals surface area contributed by atoms with Gasteiger partial charge in [0.05, 0.1) is 11.6 Å². The molecule has 1 N–H and O–H groups in total. The molecule has 2 aromatic rings. The maximum absolute atomic E-state index is 4.42. The van der Waals surface area contributed by atoms with Crippen molar-refractivity contribution in [1.82, 2.24) is 19.9 Å². The smallest absolute Gasteiger partial charge is 0.122 e. The normalized spacial score (nSPS) is 10.9. The van der Waals surface area contributed by atoms with Gasteiger partial charge >= 0.3 is 0 Å². The minimum absolute atomic E-state index is 0.813. The first kappa shape index (κ1) is 11.3. The maximum Gasteiger partial charge on any atom is 0.122 e. The number of rotatable bonds is 5. The molecule has 0 fully saturated rings. The summed E-state index contributed by atoms with van der Waals surface area (Å²) in [6, 6.07) is 0. The van der Waals surface area contributed by atoms with E-state index in [0.717, 1.165) is 31.0 Å². The van der Waals surface area contributed by atoms with Gasteiger partial charge in [-0.3, -0.25) is 0 Å². The average molecular weight is 236 g/mol. The fourth-order valence-electron chi connectivity index (χ4n) is 1.48. The molecule has 0 spiro atoms. The molecule has 4 nitrogen and oxygen atoms in total. The molecule has 0 unspecified atom stereocenters. The second-order valence-electron chi connectivity index (χ2n) is 3.76. The zero-order valence-corrected chi connectivity index (χ0v) is 10.4. The van der Waals surface area contributed by atoms with Crippen molar-refractivity contribution in [2.75, 3.05) is 6.54 Å². The minimum Gasteiger partial charge on any atom is -0.337 e. The molecular formula is C11H16N4S. The van der Waals surface area contributed by atoms with Gasteiger partial charge in [0.1, 0.15) is 5.82 Å². The molecule has 0 saturated carbocycles. The molecule has 0 aliphatic carbocycles. The van der Waals surface area contributed by atoms with E-state index < -0.39 is 0 Å². The second-order valence-corrected chi connectivity index (χ2v) is 4.71. The van der Waals surface area contributed by atoms with Crippen LogP contribution in [0.25, 0.3) is 0 Å². The number of imidazole rings is 1. The maximum atomic E-state index is 4.42. The third-order valence-electron chi connectivity index (χ3n) is 2.39. The van der Waals surface area contributed by atoms with E-state index in [1.165, 1.54) is 5.01 Å². The summed E-state index contributed by atoms with van der Waals surface area (Å²) in [6.07, 6.45) is 4.77. The summed E-state index contributed by atoms with van der Waals surface area (Å²) < 4.78 is 2.03. The summed E-state index contributed by atoms with van der Waals surface area (Å²) in [4.78, 5) is 8.67. The summed E-state index contributed by atoms with van der Waals surface area (Å²) in [5.74, 6) is 1.07. The Kier molecular flexibility index (Phi) is 3.69. The zero-order valence-electron chi connectivity index (χ0n) is 9.60. The van der Waals surface area contributed by atoms with Crippen molar-refractivity contribution in [3.05, 3.63) is 34.3 Å². The van der Waals surface area contributed by atoms with Gasteiger partial charge in [-0.2, -0.15) is 0 Å². The Morgan fingerprint density at radius 2 is 2.38 bits per heavy atom. The number of nitrogens with zero attached hydrogens (tertiary/aromatic N) is 3. The van der Waals surface area contributed by atoms with Gasteiger partial charge in [0, 0.05) is 43.5 Å². The largest absolute Gasteiger partial charge is 0.337 e. The van der Waals surface area contributed by atoms with Crippen LogP contribution in [0.2, 0.25) is 0 Å². The molecule has 0 atom stereocenters. The van der Waals surface area contributed by atoms with E-state index in [1.807, 2.05) is 30.9 Å². The van der Waals surface area contributed by atoms with Crippen LogP contribution in [-0.2, 0) is 20.0 Å². The number of hydrogen-bond acceptors (Lipinski definition) is 4. The molecule has 0 saturated heterocycles. The Balaban J connectivity index is 1.71. The van der Waals surface area contributed by atoms with E-state index in [0.29, 0.717) is 0 Å². The summed E-state index contributed by atoms with van der Waals surface area (Å²) in [6.45, 7) is 3.79. The Hall–Kier alpha value is -1.20. The van der Waals surface area contributed by atoms with Crippen molar-refractivity contribution in [2.24, 2.45) is 7.05 Å². The Labute approximate surface area is 99.4 Å². The first-order valence-corrected chi connectivity index (χ1v) is 6.21. The van der Waals surface area contributed by atoms with Crippen LogP contribution in [0.1, 0.15) is 16.5 Å². The first-order valence-electron chi connectivity index (χ1n) is 5.33. The van der Waals surface area contributed by atoms with E-state index >= 15 is 0 Å². The fraction of sp³-hybridized carbons (Fsp3) is 0.455. The third-order valence-corrected chi connectivity index (χ3v) is 3.41. The van der Waals surface area contributed by atoms with Gasteiger partial charge in [-0.25, -0.2) is 9.97 Å². The van der Waals surface area contributed by atoms with Gasteiger partial charge < -0.3 is 9.88 Å². The third kappa shape index (κ3) is 2.90. The molecule has 0 aromatic carbocycles. The molecule has 2 heterocycles.